The van der Waals surface area contributed by atoms with Crippen molar-refractivity contribution in [2.75, 3.05) is 7.05 Å². The van der Waals surface area contributed by atoms with Gasteiger partial charge in [-0.3, -0.25) is 24.6 Å². The van der Waals surface area contributed by atoms with E-state index in [1.54, 1.807) is 36.8 Å². The molecule has 3 heterocycles. The summed E-state index contributed by atoms with van der Waals surface area (Å²) in [5.74, 6) is -0.451. The minimum atomic E-state index is -2.78. The van der Waals surface area contributed by atoms with Crippen molar-refractivity contribution in [2.24, 2.45) is 10.7 Å². The number of carbonyl (C=O) groups excluding carboxylic acids is 1. The van der Waals surface area contributed by atoms with E-state index in [2.05, 4.69) is 19.9 Å². The summed E-state index contributed by atoms with van der Waals surface area (Å²) in [5, 5.41) is 0. The first kappa shape index (κ1) is 18.6. The van der Waals surface area contributed by atoms with Crippen LogP contribution in [0.3, 0.4) is 0 Å². The molecular weight excluding hydrogens is 378 g/mol. The molecule has 0 saturated carbocycles. The van der Waals surface area contributed by atoms with E-state index in [1.807, 2.05) is 6.07 Å². The van der Waals surface area contributed by atoms with E-state index < -0.39 is 23.6 Å². The molecule has 7 nitrogen and oxygen atoms in total. The van der Waals surface area contributed by atoms with Crippen molar-refractivity contribution >= 4 is 11.9 Å². The Balaban J connectivity index is 1.95. The molecule has 0 spiro atoms. The Morgan fingerprint density at radius 1 is 1.07 bits per heavy atom. The molecule has 2 N–H and O–H groups in total. The second kappa shape index (κ2) is 7.01. The lowest BCUT2D eigenvalue weighted by Gasteiger charge is -2.26. The number of rotatable bonds is 4. The third-order valence-electron chi connectivity index (χ3n) is 4.80. The number of hydrogen-bond donors (Lipinski definition) is 1. The van der Waals surface area contributed by atoms with Gasteiger partial charge in [0.2, 0.25) is 0 Å². The zero-order chi connectivity index (χ0) is 20.6. The van der Waals surface area contributed by atoms with Crippen molar-refractivity contribution in [3.8, 4) is 11.3 Å². The second-order valence-electron chi connectivity index (χ2n) is 6.49. The molecule has 2 aromatic heterocycles. The molecule has 1 aliphatic rings. The summed E-state index contributed by atoms with van der Waals surface area (Å²) in [5.41, 5.74) is 5.94. The molecule has 1 amide bonds. The van der Waals surface area contributed by atoms with Crippen molar-refractivity contribution in [1.82, 2.24) is 19.9 Å². The summed E-state index contributed by atoms with van der Waals surface area (Å²) < 4.78 is 26.5. The summed E-state index contributed by atoms with van der Waals surface area (Å²) in [6.45, 7) is 0. The monoisotopic (exact) mass is 394 g/mol. The molecule has 29 heavy (non-hydrogen) atoms. The van der Waals surface area contributed by atoms with Crippen LogP contribution in [-0.4, -0.2) is 38.8 Å². The first-order valence-electron chi connectivity index (χ1n) is 8.68. The molecule has 4 rings (SSSR count). The summed E-state index contributed by atoms with van der Waals surface area (Å²) >= 11 is 0. The lowest BCUT2D eigenvalue weighted by atomic mass is 9.82. The average molecular weight is 394 g/mol. The maximum atomic E-state index is 13.3. The molecule has 146 valence electrons. The van der Waals surface area contributed by atoms with Crippen molar-refractivity contribution < 1.29 is 13.6 Å². The van der Waals surface area contributed by atoms with Crippen LogP contribution in [0.15, 0.2) is 66.2 Å². The number of hydrogen-bond acceptors (Lipinski definition) is 6. The Morgan fingerprint density at radius 3 is 2.52 bits per heavy atom. The molecule has 1 atom stereocenters. The topological polar surface area (TPSA) is 97.4 Å². The van der Waals surface area contributed by atoms with Gasteiger partial charge >= 0.3 is 0 Å². The van der Waals surface area contributed by atoms with Crippen LogP contribution < -0.4 is 5.73 Å². The second-order valence-corrected chi connectivity index (χ2v) is 6.49. The number of aromatic nitrogens is 3. The number of pyridine rings is 1. The number of nitrogens with two attached hydrogens (primary N) is 1. The smallest absolute Gasteiger partial charge is 0.280 e. The summed E-state index contributed by atoms with van der Waals surface area (Å²) in [4.78, 5) is 30.9. The van der Waals surface area contributed by atoms with E-state index in [0.29, 0.717) is 16.8 Å². The molecule has 1 unspecified atom stereocenters. The SMILES string of the molecule is CN1C(=O)C(c2cccc(-c3cnccn3)c2)(c2ccnc(C(F)F)c2)N=C1N. The molecule has 9 heteroatoms. The third kappa shape index (κ3) is 3.00. The number of alkyl halides is 2. The molecule has 1 aliphatic heterocycles. The van der Waals surface area contributed by atoms with E-state index in [9.17, 15) is 13.6 Å². The van der Waals surface area contributed by atoms with Gasteiger partial charge in [0.15, 0.2) is 11.5 Å². The lowest BCUT2D eigenvalue weighted by molar-refractivity contribution is -0.129. The van der Waals surface area contributed by atoms with Crippen LogP contribution in [0.5, 0.6) is 0 Å². The van der Waals surface area contributed by atoms with Crippen LogP contribution in [0, 0.1) is 0 Å². The molecule has 1 aromatic carbocycles. The fourth-order valence-corrected chi connectivity index (χ4v) is 3.33. The maximum absolute atomic E-state index is 13.3. The Bertz CT molecular complexity index is 1100. The van der Waals surface area contributed by atoms with E-state index in [0.717, 1.165) is 0 Å². The van der Waals surface area contributed by atoms with Gasteiger partial charge in [0, 0.05) is 31.2 Å². The fraction of sp³-hybridized carbons (Fsp3) is 0.150. The summed E-state index contributed by atoms with van der Waals surface area (Å²) in [6.07, 6.45) is 3.15. The predicted molar refractivity (Wildman–Crippen MR) is 102 cm³/mol. The molecular formula is C20H16F2N6O. The molecule has 0 fully saturated rings. The average Bonchev–Trinajstić information content (AvgIpc) is 2.99. The van der Waals surface area contributed by atoms with Gasteiger partial charge in [-0.1, -0.05) is 18.2 Å². The Morgan fingerprint density at radius 2 is 1.86 bits per heavy atom. The van der Waals surface area contributed by atoms with Crippen LogP contribution in [0.25, 0.3) is 11.3 Å². The molecule has 0 aliphatic carbocycles. The number of aliphatic imine (C=N–C) groups is 1. The maximum Gasteiger partial charge on any atom is 0.280 e. The highest BCUT2D eigenvalue weighted by Gasteiger charge is 2.49. The standard InChI is InChI=1S/C20H16F2N6O/c1-28-18(29)20(27-19(28)23,14-5-6-25-15(10-14)17(21)22)13-4-2-3-12(9-13)16-11-24-7-8-26-16/h2-11,17H,1H3,(H2,23,27). The van der Waals surface area contributed by atoms with Crippen molar-refractivity contribution in [1.29, 1.82) is 0 Å². The molecule has 0 saturated heterocycles. The van der Waals surface area contributed by atoms with Crippen LogP contribution in [0.4, 0.5) is 8.78 Å². The van der Waals surface area contributed by atoms with Gasteiger partial charge in [0.05, 0.1) is 11.9 Å². The fourth-order valence-electron chi connectivity index (χ4n) is 3.33. The van der Waals surface area contributed by atoms with Crippen LogP contribution in [0.1, 0.15) is 23.2 Å². The molecule has 3 aromatic rings. The van der Waals surface area contributed by atoms with Crippen LogP contribution >= 0.6 is 0 Å². The largest absolute Gasteiger partial charge is 0.369 e. The zero-order valence-electron chi connectivity index (χ0n) is 15.3. The Hall–Kier alpha value is -3.75. The van der Waals surface area contributed by atoms with Gasteiger partial charge in [-0.05, 0) is 29.3 Å². The zero-order valence-corrected chi connectivity index (χ0v) is 15.3. The highest BCUT2D eigenvalue weighted by Crippen LogP contribution is 2.40. The Kier molecular flexibility index (Phi) is 4.50. The molecule has 0 radical (unpaired) electrons. The van der Waals surface area contributed by atoms with E-state index in [4.69, 9.17) is 5.73 Å². The number of nitrogens with zero attached hydrogens (tertiary/aromatic N) is 5. The Labute approximate surface area is 165 Å². The van der Waals surface area contributed by atoms with Crippen molar-refractivity contribution in [3.05, 3.63) is 78.0 Å². The summed E-state index contributed by atoms with van der Waals surface area (Å²) in [7, 11) is 1.49. The third-order valence-corrected chi connectivity index (χ3v) is 4.80. The van der Waals surface area contributed by atoms with Gasteiger partial charge < -0.3 is 5.73 Å². The van der Waals surface area contributed by atoms with Gasteiger partial charge in [-0.25, -0.2) is 13.8 Å². The molecule has 0 bridgehead atoms. The minimum absolute atomic E-state index is 0.00434. The number of amides is 1. The quantitative estimate of drug-likeness (QED) is 0.733. The van der Waals surface area contributed by atoms with E-state index >= 15 is 0 Å². The summed E-state index contributed by atoms with van der Waals surface area (Å²) in [6, 6.07) is 9.68. The van der Waals surface area contributed by atoms with E-state index in [1.165, 1.54) is 30.3 Å². The van der Waals surface area contributed by atoms with Crippen LogP contribution in [0.2, 0.25) is 0 Å². The number of carbonyl (C=O) groups is 1. The first-order valence-corrected chi connectivity index (χ1v) is 8.68. The van der Waals surface area contributed by atoms with Gasteiger partial charge in [-0.15, -0.1) is 0 Å². The highest BCUT2D eigenvalue weighted by atomic mass is 19.3. The first-order chi connectivity index (χ1) is 13.9. The number of benzene rings is 1. The number of guanidine groups is 1. The normalized spacial score (nSPS) is 19.0. The van der Waals surface area contributed by atoms with Crippen LogP contribution in [-0.2, 0) is 10.3 Å². The minimum Gasteiger partial charge on any atom is -0.369 e. The van der Waals surface area contributed by atoms with E-state index in [-0.39, 0.29) is 11.5 Å². The highest BCUT2D eigenvalue weighted by molar-refractivity contribution is 6.09. The number of halogens is 2. The lowest BCUT2D eigenvalue weighted by Crippen LogP contribution is -2.41. The van der Waals surface area contributed by atoms with Crippen molar-refractivity contribution in [2.45, 2.75) is 12.0 Å². The number of likely N-dealkylation sites (N-methyl/N-ethyl adjacent to an activating group) is 1. The van der Waals surface area contributed by atoms with Crippen molar-refractivity contribution in [3.63, 3.8) is 0 Å². The predicted octanol–water partition coefficient (Wildman–Crippen LogP) is 2.51. The van der Waals surface area contributed by atoms with Gasteiger partial charge in [0.1, 0.15) is 5.69 Å². The van der Waals surface area contributed by atoms with Gasteiger partial charge in [-0.2, -0.15) is 0 Å². The van der Waals surface area contributed by atoms with Gasteiger partial charge in [0.25, 0.3) is 12.3 Å².